The van der Waals surface area contributed by atoms with Gasteiger partial charge in [-0.15, -0.1) is 0 Å². The summed E-state index contributed by atoms with van der Waals surface area (Å²) < 4.78 is 0. The molecule has 74 valence electrons. The van der Waals surface area contributed by atoms with Gasteiger partial charge in [0, 0.05) is 18.9 Å². The van der Waals surface area contributed by atoms with Crippen molar-refractivity contribution in [3.8, 4) is 0 Å². The number of amides is 1. The van der Waals surface area contributed by atoms with Crippen molar-refractivity contribution in [3.05, 3.63) is 30.1 Å². The molecule has 0 bridgehead atoms. The van der Waals surface area contributed by atoms with E-state index in [0.29, 0.717) is 6.54 Å². The Morgan fingerprint density at radius 2 is 2.00 bits per heavy atom. The molecule has 0 saturated heterocycles. The number of pyridine rings is 1. The van der Waals surface area contributed by atoms with Gasteiger partial charge in [0.2, 0.25) is 5.91 Å². The number of hydrogen-bond acceptors (Lipinski definition) is 3. The Labute approximate surface area is 82.3 Å². The number of carbonyl (C=O) groups is 2. The standard InChI is InChI=1S/C10H12N2O2/c1-8(13)6-10(14)12-7-9-2-4-11-5-3-9/h2-5H,6-7H2,1H3,(H,12,14). The van der Waals surface area contributed by atoms with Crippen LogP contribution in [-0.2, 0) is 16.1 Å². The summed E-state index contributed by atoms with van der Waals surface area (Å²) in [6.45, 7) is 1.83. The zero-order valence-electron chi connectivity index (χ0n) is 7.99. The largest absolute Gasteiger partial charge is 0.352 e. The Morgan fingerprint density at radius 3 is 2.57 bits per heavy atom. The predicted molar refractivity (Wildman–Crippen MR) is 51.4 cm³/mol. The van der Waals surface area contributed by atoms with Gasteiger partial charge in [-0.2, -0.15) is 0 Å². The minimum Gasteiger partial charge on any atom is -0.352 e. The summed E-state index contributed by atoms with van der Waals surface area (Å²) >= 11 is 0. The lowest BCUT2D eigenvalue weighted by Gasteiger charge is -2.02. The van der Waals surface area contributed by atoms with E-state index in [2.05, 4.69) is 10.3 Å². The van der Waals surface area contributed by atoms with Gasteiger partial charge in [-0.1, -0.05) is 0 Å². The number of aromatic nitrogens is 1. The normalized spacial score (nSPS) is 9.50. The molecule has 4 heteroatoms. The Bertz CT molecular complexity index is 322. The van der Waals surface area contributed by atoms with Crippen LogP contribution in [0.1, 0.15) is 18.9 Å². The molecule has 1 heterocycles. The molecule has 1 N–H and O–H groups in total. The SMILES string of the molecule is CC(=O)CC(=O)NCc1ccncc1. The first-order chi connectivity index (χ1) is 6.68. The summed E-state index contributed by atoms with van der Waals surface area (Å²) in [7, 11) is 0. The van der Waals surface area contributed by atoms with Gasteiger partial charge in [0.25, 0.3) is 0 Å². The van der Waals surface area contributed by atoms with Crippen molar-refractivity contribution < 1.29 is 9.59 Å². The van der Waals surface area contributed by atoms with Crippen molar-refractivity contribution in [1.29, 1.82) is 0 Å². The second-order valence-electron chi connectivity index (χ2n) is 3.01. The fraction of sp³-hybridized carbons (Fsp3) is 0.300. The Balaban J connectivity index is 2.34. The van der Waals surface area contributed by atoms with E-state index in [1.807, 2.05) is 12.1 Å². The Morgan fingerprint density at radius 1 is 1.36 bits per heavy atom. The van der Waals surface area contributed by atoms with Crippen LogP contribution in [0.3, 0.4) is 0 Å². The van der Waals surface area contributed by atoms with Crippen molar-refractivity contribution in [2.24, 2.45) is 0 Å². The third-order valence-corrected chi connectivity index (χ3v) is 1.65. The molecule has 0 aliphatic rings. The second-order valence-corrected chi connectivity index (χ2v) is 3.01. The molecule has 0 radical (unpaired) electrons. The second kappa shape index (κ2) is 5.11. The highest BCUT2D eigenvalue weighted by molar-refractivity contribution is 5.96. The van der Waals surface area contributed by atoms with E-state index >= 15 is 0 Å². The summed E-state index contributed by atoms with van der Waals surface area (Å²) in [6, 6.07) is 3.63. The van der Waals surface area contributed by atoms with Crippen LogP contribution in [0.4, 0.5) is 0 Å². The van der Waals surface area contributed by atoms with Gasteiger partial charge in [0.05, 0.1) is 6.42 Å². The molecule has 1 aromatic heterocycles. The Kier molecular flexibility index (Phi) is 3.79. The van der Waals surface area contributed by atoms with Gasteiger partial charge in [0.15, 0.2) is 0 Å². The van der Waals surface area contributed by atoms with E-state index in [-0.39, 0.29) is 18.1 Å². The van der Waals surface area contributed by atoms with Crippen molar-refractivity contribution in [1.82, 2.24) is 10.3 Å². The van der Waals surface area contributed by atoms with Crippen LogP contribution >= 0.6 is 0 Å². The van der Waals surface area contributed by atoms with Gasteiger partial charge in [-0.25, -0.2) is 0 Å². The number of nitrogens with one attached hydrogen (secondary N) is 1. The topological polar surface area (TPSA) is 59.1 Å². The fourth-order valence-corrected chi connectivity index (χ4v) is 0.990. The average Bonchev–Trinajstić information content (AvgIpc) is 2.15. The van der Waals surface area contributed by atoms with Crippen molar-refractivity contribution in [2.75, 3.05) is 0 Å². The summed E-state index contributed by atoms with van der Waals surface area (Å²) in [5.74, 6) is -0.369. The molecule has 0 aromatic carbocycles. The smallest absolute Gasteiger partial charge is 0.227 e. The van der Waals surface area contributed by atoms with Crippen LogP contribution in [0, 0.1) is 0 Å². The van der Waals surface area contributed by atoms with Crippen LogP contribution in [0.2, 0.25) is 0 Å². The highest BCUT2D eigenvalue weighted by atomic mass is 16.2. The summed E-state index contributed by atoms with van der Waals surface area (Å²) in [5.41, 5.74) is 0.969. The number of nitrogens with zero attached hydrogens (tertiary/aromatic N) is 1. The average molecular weight is 192 g/mol. The number of rotatable bonds is 4. The molecule has 1 rings (SSSR count). The molecule has 4 nitrogen and oxygen atoms in total. The molecule has 0 atom stereocenters. The number of ketones is 1. The lowest BCUT2D eigenvalue weighted by molar-refractivity contribution is -0.127. The lowest BCUT2D eigenvalue weighted by Crippen LogP contribution is -2.24. The van der Waals surface area contributed by atoms with Crippen LogP contribution in [0.15, 0.2) is 24.5 Å². The van der Waals surface area contributed by atoms with Crippen LogP contribution < -0.4 is 5.32 Å². The minimum absolute atomic E-state index is 0.0505. The fourth-order valence-electron chi connectivity index (χ4n) is 0.990. The van der Waals surface area contributed by atoms with Gasteiger partial charge < -0.3 is 5.32 Å². The third-order valence-electron chi connectivity index (χ3n) is 1.65. The van der Waals surface area contributed by atoms with E-state index in [4.69, 9.17) is 0 Å². The molecule has 0 spiro atoms. The highest BCUT2D eigenvalue weighted by Crippen LogP contribution is 1.95. The molecule has 1 amide bonds. The maximum atomic E-state index is 11.1. The van der Waals surface area contributed by atoms with Crippen molar-refractivity contribution in [3.63, 3.8) is 0 Å². The van der Waals surface area contributed by atoms with Crippen LogP contribution in [-0.4, -0.2) is 16.7 Å². The molecular formula is C10H12N2O2. The van der Waals surface area contributed by atoms with Crippen LogP contribution in [0.5, 0.6) is 0 Å². The monoisotopic (exact) mass is 192 g/mol. The summed E-state index contributed by atoms with van der Waals surface area (Å²) in [6.07, 6.45) is 3.27. The summed E-state index contributed by atoms with van der Waals surface area (Å²) in [5, 5.41) is 2.64. The number of hydrogen-bond donors (Lipinski definition) is 1. The van der Waals surface area contributed by atoms with Crippen LogP contribution in [0.25, 0.3) is 0 Å². The molecule has 14 heavy (non-hydrogen) atoms. The lowest BCUT2D eigenvalue weighted by atomic mass is 10.2. The molecule has 0 aliphatic heterocycles. The molecule has 1 aromatic rings. The van der Waals surface area contributed by atoms with E-state index < -0.39 is 0 Å². The Hall–Kier alpha value is -1.71. The van der Waals surface area contributed by atoms with E-state index in [1.165, 1.54) is 6.92 Å². The van der Waals surface area contributed by atoms with Gasteiger partial charge >= 0.3 is 0 Å². The van der Waals surface area contributed by atoms with Gasteiger partial charge in [-0.05, 0) is 24.6 Å². The molecule has 0 saturated carbocycles. The van der Waals surface area contributed by atoms with E-state index in [1.54, 1.807) is 12.4 Å². The molecule has 0 aliphatic carbocycles. The highest BCUT2D eigenvalue weighted by Gasteiger charge is 2.03. The first kappa shape index (κ1) is 10.4. The first-order valence-corrected chi connectivity index (χ1v) is 4.33. The van der Waals surface area contributed by atoms with Gasteiger partial charge in [-0.3, -0.25) is 14.6 Å². The predicted octanol–water partition coefficient (Wildman–Crippen LogP) is 0.677. The number of carbonyl (C=O) groups excluding carboxylic acids is 2. The maximum absolute atomic E-state index is 11.1. The van der Waals surface area contributed by atoms with Crippen molar-refractivity contribution in [2.45, 2.75) is 19.9 Å². The zero-order chi connectivity index (χ0) is 10.4. The first-order valence-electron chi connectivity index (χ1n) is 4.33. The minimum atomic E-state index is -0.241. The number of Topliss-reactive ketones (excluding diaryl/α,β-unsaturated/α-hetero) is 1. The van der Waals surface area contributed by atoms with Crippen molar-refractivity contribution >= 4 is 11.7 Å². The van der Waals surface area contributed by atoms with Gasteiger partial charge in [0.1, 0.15) is 5.78 Å². The molecule has 0 unspecified atom stereocenters. The van der Waals surface area contributed by atoms with E-state index in [0.717, 1.165) is 5.56 Å². The maximum Gasteiger partial charge on any atom is 0.227 e. The van der Waals surface area contributed by atoms with E-state index in [9.17, 15) is 9.59 Å². The molecular weight excluding hydrogens is 180 g/mol. The zero-order valence-corrected chi connectivity index (χ0v) is 7.99. The molecule has 0 fully saturated rings. The third kappa shape index (κ3) is 3.80. The quantitative estimate of drug-likeness (QED) is 0.713. The summed E-state index contributed by atoms with van der Waals surface area (Å²) in [4.78, 5) is 25.5.